The Morgan fingerprint density at radius 2 is 1.96 bits per heavy atom. The molecule has 1 saturated heterocycles. The van der Waals surface area contributed by atoms with Crippen LogP contribution in [0, 0.1) is 0 Å². The molecule has 3 rings (SSSR count). The van der Waals surface area contributed by atoms with Gasteiger partial charge in [0.05, 0.1) is 10.0 Å². The van der Waals surface area contributed by atoms with Crippen LogP contribution in [0.25, 0.3) is 0 Å². The zero-order valence-corrected chi connectivity index (χ0v) is 15.4. The summed E-state index contributed by atoms with van der Waals surface area (Å²) in [6, 6.07) is 15.3. The number of ether oxygens (including phenoxy) is 1. The Hall–Kier alpha value is -1.91. The zero-order chi connectivity index (χ0) is 17.8. The maximum atomic E-state index is 12.6. The van der Waals surface area contributed by atoms with Crippen molar-refractivity contribution < 1.29 is 9.53 Å². The van der Waals surface area contributed by atoms with Crippen molar-refractivity contribution in [1.82, 2.24) is 4.90 Å². The van der Waals surface area contributed by atoms with Crippen LogP contribution in [0.4, 0.5) is 5.69 Å². The molecule has 1 heterocycles. The second-order valence-electron chi connectivity index (χ2n) is 6.12. The van der Waals surface area contributed by atoms with Gasteiger partial charge in [-0.15, -0.1) is 0 Å². The van der Waals surface area contributed by atoms with Crippen LogP contribution in [0.15, 0.2) is 48.5 Å². The Morgan fingerprint density at radius 3 is 2.68 bits per heavy atom. The average molecular weight is 379 g/mol. The van der Waals surface area contributed by atoms with Gasteiger partial charge in [0.2, 0.25) is 0 Å². The number of hydrogen-bond donors (Lipinski definition) is 1. The summed E-state index contributed by atoms with van der Waals surface area (Å²) in [6.45, 7) is 3.14. The molecule has 132 valence electrons. The number of rotatable bonds is 5. The SMILES string of the molecule is CC(Oc1ccc(Cl)c(Cl)c1)C(=O)N1CCC(Nc2ccccc2)C1. The van der Waals surface area contributed by atoms with Gasteiger partial charge in [-0.1, -0.05) is 41.4 Å². The van der Waals surface area contributed by atoms with E-state index in [4.69, 9.17) is 27.9 Å². The summed E-state index contributed by atoms with van der Waals surface area (Å²) in [4.78, 5) is 14.4. The van der Waals surface area contributed by atoms with Gasteiger partial charge in [0, 0.05) is 30.9 Å². The average Bonchev–Trinajstić information content (AvgIpc) is 3.07. The first-order valence-corrected chi connectivity index (χ1v) is 9.00. The number of amides is 1. The number of benzene rings is 2. The summed E-state index contributed by atoms with van der Waals surface area (Å²) in [5, 5.41) is 4.33. The predicted octanol–water partition coefficient (Wildman–Crippen LogP) is 4.47. The van der Waals surface area contributed by atoms with Gasteiger partial charge in [-0.05, 0) is 37.6 Å². The molecule has 2 unspecified atom stereocenters. The molecule has 2 aromatic rings. The van der Waals surface area contributed by atoms with Gasteiger partial charge in [0.1, 0.15) is 5.75 Å². The van der Waals surface area contributed by atoms with E-state index < -0.39 is 6.10 Å². The lowest BCUT2D eigenvalue weighted by Gasteiger charge is -2.22. The Labute approximate surface area is 157 Å². The summed E-state index contributed by atoms with van der Waals surface area (Å²) in [5.41, 5.74) is 1.07. The van der Waals surface area contributed by atoms with Crippen LogP contribution in [-0.4, -0.2) is 36.0 Å². The highest BCUT2D eigenvalue weighted by atomic mass is 35.5. The maximum absolute atomic E-state index is 12.6. The van der Waals surface area contributed by atoms with E-state index >= 15 is 0 Å². The van der Waals surface area contributed by atoms with Crippen LogP contribution in [-0.2, 0) is 4.79 Å². The molecule has 0 aromatic heterocycles. The molecule has 2 aromatic carbocycles. The first-order valence-electron chi connectivity index (χ1n) is 8.25. The smallest absolute Gasteiger partial charge is 0.263 e. The van der Waals surface area contributed by atoms with Gasteiger partial charge in [-0.3, -0.25) is 4.79 Å². The molecule has 6 heteroatoms. The van der Waals surface area contributed by atoms with Crippen molar-refractivity contribution in [2.24, 2.45) is 0 Å². The molecule has 0 bridgehead atoms. The van der Waals surface area contributed by atoms with Gasteiger partial charge in [0.15, 0.2) is 6.10 Å². The molecule has 0 saturated carbocycles. The number of nitrogens with zero attached hydrogens (tertiary/aromatic N) is 1. The first-order chi connectivity index (χ1) is 12.0. The largest absolute Gasteiger partial charge is 0.481 e. The highest BCUT2D eigenvalue weighted by Crippen LogP contribution is 2.27. The molecule has 2 atom stereocenters. The van der Waals surface area contributed by atoms with E-state index in [0.717, 1.165) is 18.7 Å². The monoisotopic (exact) mass is 378 g/mol. The molecule has 25 heavy (non-hydrogen) atoms. The van der Waals surface area contributed by atoms with Crippen LogP contribution in [0.3, 0.4) is 0 Å². The van der Waals surface area contributed by atoms with Crippen molar-refractivity contribution in [1.29, 1.82) is 0 Å². The molecule has 1 aliphatic rings. The van der Waals surface area contributed by atoms with E-state index in [0.29, 0.717) is 22.3 Å². The third-order valence-electron chi connectivity index (χ3n) is 4.20. The molecule has 1 N–H and O–H groups in total. The zero-order valence-electron chi connectivity index (χ0n) is 13.9. The minimum atomic E-state index is -0.576. The molecule has 1 aliphatic heterocycles. The molecular formula is C19H20Cl2N2O2. The Morgan fingerprint density at radius 1 is 1.20 bits per heavy atom. The number of halogens is 2. The van der Waals surface area contributed by atoms with Crippen molar-refractivity contribution in [2.45, 2.75) is 25.5 Å². The van der Waals surface area contributed by atoms with Gasteiger partial charge in [-0.2, -0.15) is 0 Å². The topological polar surface area (TPSA) is 41.6 Å². The van der Waals surface area contributed by atoms with E-state index in [1.807, 2.05) is 35.2 Å². The summed E-state index contributed by atoms with van der Waals surface area (Å²) >= 11 is 11.9. The molecule has 0 aliphatic carbocycles. The van der Waals surface area contributed by atoms with Crippen LogP contribution in [0.2, 0.25) is 10.0 Å². The van der Waals surface area contributed by atoms with Gasteiger partial charge in [0.25, 0.3) is 5.91 Å². The highest BCUT2D eigenvalue weighted by molar-refractivity contribution is 6.42. The fourth-order valence-corrected chi connectivity index (χ4v) is 3.20. The lowest BCUT2D eigenvalue weighted by Crippen LogP contribution is -2.40. The van der Waals surface area contributed by atoms with Crippen molar-refractivity contribution in [3.8, 4) is 5.75 Å². The third kappa shape index (κ3) is 4.59. The van der Waals surface area contributed by atoms with Crippen LogP contribution in [0.1, 0.15) is 13.3 Å². The summed E-state index contributed by atoms with van der Waals surface area (Å²) in [7, 11) is 0. The number of para-hydroxylation sites is 1. The minimum absolute atomic E-state index is 0.0246. The number of likely N-dealkylation sites (tertiary alicyclic amines) is 1. The molecule has 1 amide bonds. The van der Waals surface area contributed by atoms with Crippen LogP contribution < -0.4 is 10.1 Å². The fraction of sp³-hybridized carbons (Fsp3) is 0.316. The van der Waals surface area contributed by atoms with Crippen LogP contribution in [0.5, 0.6) is 5.75 Å². The summed E-state index contributed by atoms with van der Waals surface area (Å²) in [6.07, 6.45) is 0.341. The lowest BCUT2D eigenvalue weighted by atomic mass is 10.2. The highest BCUT2D eigenvalue weighted by Gasteiger charge is 2.30. The maximum Gasteiger partial charge on any atom is 0.263 e. The number of nitrogens with one attached hydrogen (secondary N) is 1. The summed E-state index contributed by atoms with van der Waals surface area (Å²) in [5.74, 6) is 0.511. The lowest BCUT2D eigenvalue weighted by molar-refractivity contribution is -0.136. The van der Waals surface area contributed by atoms with E-state index in [2.05, 4.69) is 5.32 Å². The molecular weight excluding hydrogens is 359 g/mol. The molecule has 4 nitrogen and oxygen atoms in total. The summed E-state index contributed by atoms with van der Waals surface area (Å²) < 4.78 is 5.72. The van der Waals surface area contributed by atoms with Gasteiger partial charge in [-0.25, -0.2) is 0 Å². The van der Waals surface area contributed by atoms with Gasteiger partial charge < -0.3 is 15.0 Å². The molecule has 0 radical (unpaired) electrons. The standard InChI is InChI=1S/C19H20Cl2N2O2/c1-13(25-16-7-8-17(20)18(21)11-16)19(24)23-10-9-15(12-23)22-14-5-3-2-4-6-14/h2-8,11,13,15,22H,9-10,12H2,1H3. The van der Waals surface area contributed by atoms with Crippen molar-refractivity contribution >= 4 is 34.8 Å². The van der Waals surface area contributed by atoms with Gasteiger partial charge >= 0.3 is 0 Å². The number of carbonyl (C=O) groups excluding carboxylic acids is 1. The van der Waals surface area contributed by atoms with E-state index in [9.17, 15) is 4.79 Å². The Kier molecular flexibility index (Phi) is 5.71. The number of hydrogen-bond acceptors (Lipinski definition) is 3. The number of anilines is 1. The first kappa shape index (κ1) is 17.9. The number of carbonyl (C=O) groups is 1. The van der Waals surface area contributed by atoms with E-state index in [1.165, 1.54) is 0 Å². The van der Waals surface area contributed by atoms with Crippen molar-refractivity contribution in [2.75, 3.05) is 18.4 Å². The quantitative estimate of drug-likeness (QED) is 0.833. The molecule has 0 spiro atoms. The van der Waals surface area contributed by atoms with Crippen LogP contribution >= 0.6 is 23.2 Å². The Balaban J connectivity index is 1.55. The second-order valence-corrected chi connectivity index (χ2v) is 6.93. The normalized spacial score (nSPS) is 18.0. The Bertz CT molecular complexity index is 739. The molecule has 1 fully saturated rings. The van der Waals surface area contributed by atoms with E-state index in [1.54, 1.807) is 25.1 Å². The van der Waals surface area contributed by atoms with Crippen molar-refractivity contribution in [3.63, 3.8) is 0 Å². The predicted molar refractivity (Wildman–Crippen MR) is 102 cm³/mol. The van der Waals surface area contributed by atoms with E-state index in [-0.39, 0.29) is 11.9 Å². The third-order valence-corrected chi connectivity index (χ3v) is 4.94. The second kappa shape index (κ2) is 7.98. The van der Waals surface area contributed by atoms with Crippen molar-refractivity contribution in [3.05, 3.63) is 58.6 Å². The minimum Gasteiger partial charge on any atom is -0.481 e. The fourth-order valence-electron chi connectivity index (χ4n) is 2.91.